The standard InChI is InChI=1S/C19H22FN3O/c20-17-5-3-4-15(12-17)7-9-19(24)22-14-16-6-8-18(21-13-16)23-10-1-2-11-23/h3-6,8,12-13H,1-2,7,9-11,14H2,(H,22,24). The highest BCUT2D eigenvalue weighted by molar-refractivity contribution is 5.76. The number of carbonyl (C=O) groups is 1. The van der Waals surface area contributed by atoms with Crippen LogP contribution in [0.5, 0.6) is 0 Å². The smallest absolute Gasteiger partial charge is 0.220 e. The quantitative estimate of drug-likeness (QED) is 0.887. The summed E-state index contributed by atoms with van der Waals surface area (Å²) >= 11 is 0. The van der Waals surface area contributed by atoms with Crippen LogP contribution >= 0.6 is 0 Å². The lowest BCUT2D eigenvalue weighted by molar-refractivity contribution is -0.121. The molecular formula is C19H22FN3O. The Morgan fingerprint density at radius 1 is 1.17 bits per heavy atom. The summed E-state index contributed by atoms with van der Waals surface area (Å²) in [5.41, 5.74) is 1.82. The minimum Gasteiger partial charge on any atom is -0.357 e. The van der Waals surface area contributed by atoms with Crippen molar-refractivity contribution in [1.29, 1.82) is 0 Å². The molecule has 1 amide bonds. The Hall–Kier alpha value is -2.43. The van der Waals surface area contributed by atoms with Gasteiger partial charge in [-0.1, -0.05) is 18.2 Å². The SMILES string of the molecule is O=C(CCc1cccc(F)c1)NCc1ccc(N2CCCC2)nc1. The third kappa shape index (κ3) is 4.54. The van der Waals surface area contributed by atoms with Gasteiger partial charge >= 0.3 is 0 Å². The maximum Gasteiger partial charge on any atom is 0.220 e. The van der Waals surface area contributed by atoms with Gasteiger partial charge in [0.25, 0.3) is 0 Å². The molecule has 3 rings (SSSR count). The molecule has 1 aliphatic heterocycles. The second-order valence-corrected chi connectivity index (χ2v) is 6.13. The molecule has 0 unspecified atom stereocenters. The monoisotopic (exact) mass is 327 g/mol. The summed E-state index contributed by atoms with van der Waals surface area (Å²) in [5.74, 6) is 0.702. The Morgan fingerprint density at radius 3 is 2.71 bits per heavy atom. The number of benzene rings is 1. The number of aromatic nitrogens is 1. The van der Waals surface area contributed by atoms with Gasteiger partial charge in [-0.2, -0.15) is 0 Å². The summed E-state index contributed by atoms with van der Waals surface area (Å²) in [5, 5.41) is 2.89. The minimum absolute atomic E-state index is 0.0390. The van der Waals surface area contributed by atoms with Crippen molar-refractivity contribution in [3.05, 3.63) is 59.5 Å². The van der Waals surface area contributed by atoms with Crippen molar-refractivity contribution < 1.29 is 9.18 Å². The van der Waals surface area contributed by atoms with Gasteiger partial charge in [0.15, 0.2) is 0 Å². The number of aryl methyl sites for hydroxylation is 1. The molecule has 2 aromatic rings. The number of nitrogens with zero attached hydrogens (tertiary/aromatic N) is 2. The van der Waals surface area contributed by atoms with Crippen LogP contribution in [0.25, 0.3) is 0 Å². The van der Waals surface area contributed by atoms with Crippen LogP contribution < -0.4 is 10.2 Å². The first-order valence-electron chi connectivity index (χ1n) is 8.42. The van der Waals surface area contributed by atoms with E-state index in [1.165, 1.54) is 25.0 Å². The van der Waals surface area contributed by atoms with Crippen molar-refractivity contribution in [2.45, 2.75) is 32.2 Å². The predicted molar refractivity (Wildman–Crippen MR) is 92.3 cm³/mol. The van der Waals surface area contributed by atoms with Gasteiger partial charge in [-0.15, -0.1) is 0 Å². The maximum atomic E-state index is 13.1. The van der Waals surface area contributed by atoms with Crippen LogP contribution in [0.3, 0.4) is 0 Å². The van der Waals surface area contributed by atoms with Gasteiger partial charge < -0.3 is 10.2 Å². The molecule has 1 fully saturated rings. The van der Waals surface area contributed by atoms with Gasteiger partial charge in [-0.25, -0.2) is 9.37 Å². The zero-order valence-electron chi connectivity index (χ0n) is 13.7. The van der Waals surface area contributed by atoms with Gasteiger partial charge in [0.05, 0.1) is 0 Å². The second-order valence-electron chi connectivity index (χ2n) is 6.13. The molecule has 24 heavy (non-hydrogen) atoms. The largest absolute Gasteiger partial charge is 0.357 e. The van der Waals surface area contributed by atoms with Gasteiger partial charge in [-0.3, -0.25) is 4.79 Å². The van der Waals surface area contributed by atoms with E-state index >= 15 is 0 Å². The fraction of sp³-hybridized carbons (Fsp3) is 0.368. The third-order valence-corrected chi connectivity index (χ3v) is 4.26. The number of carbonyl (C=O) groups excluding carboxylic acids is 1. The van der Waals surface area contributed by atoms with E-state index < -0.39 is 0 Å². The van der Waals surface area contributed by atoms with Gasteiger partial charge in [0.1, 0.15) is 11.6 Å². The van der Waals surface area contributed by atoms with E-state index in [4.69, 9.17) is 0 Å². The first-order chi connectivity index (χ1) is 11.7. The van der Waals surface area contributed by atoms with Crippen molar-refractivity contribution in [3.8, 4) is 0 Å². The van der Waals surface area contributed by atoms with Gasteiger partial charge in [0.2, 0.25) is 5.91 Å². The minimum atomic E-state index is -0.267. The summed E-state index contributed by atoms with van der Waals surface area (Å²) < 4.78 is 13.1. The molecule has 4 nitrogen and oxygen atoms in total. The van der Waals surface area contributed by atoms with Crippen molar-refractivity contribution in [2.75, 3.05) is 18.0 Å². The maximum absolute atomic E-state index is 13.1. The number of pyridine rings is 1. The average Bonchev–Trinajstić information content (AvgIpc) is 3.13. The Balaban J connectivity index is 1.44. The van der Waals surface area contributed by atoms with Crippen LogP contribution in [0.2, 0.25) is 0 Å². The van der Waals surface area contributed by atoms with Crippen LogP contribution in [0.4, 0.5) is 10.2 Å². The van der Waals surface area contributed by atoms with E-state index in [-0.39, 0.29) is 11.7 Å². The zero-order chi connectivity index (χ0) is 16.8. The molecule has 1 aromatic carbocycles. The molecule has 0 atom stereocenters. The fourth-order valence-electron chi connectivity index (χ4n) is 2.89. The van der Waals surface area contributed by atoms with Crippen molar-refractivity contribution in [3.63, 3.8) is 0 Å². The average molecular weight is 327 g/mol. The van der Waals surface area contributed by atoms with E-state index in [2.05, 4.69) is 15.2 Å². The molecule has 2 heterocycles. The molecule has 0 radical (unpaired) electrons. The van der Waals surface area contributed by atoms with Crippen molar-refractivity contribution in [2.24, 2.45) is 0 Å². The molecule has 1 saturated heterocycles. The molecule has 1 aromatic heterocycles. The summed E-state index contributed by atoms with van der Waals surface area (Å²) in [4.78, 5) is 18.7. The number of halogens is 1. The van der Waals surface area contributed by atoms with E-state index in [1.807, 2.05) is 24.4 Å². The van der Waals surface area contributed by atoms with Crippen LogP contribution in [-0.4, -0.2) is 24.0 Å². The lowest BCUT2D eigenvalue weighted by Crippen LogP contribution is -2.23. The highest BCUT2D eigenvalue weighted by Gasteiger charge is 2.13. The summed E-state index contributed by atoms with van der Waals surface area (Å²) in [7, 11) is 0. The van der Waals surface area contributed by atoms with E-state index in [1.54, 1.807) is 6.07 Å². The topological polar surface area (TPSA) is 45.2 Å². The summed E-state index contributed by atoms with van der Waals surface area (Å²) in [6.45, 7) is 2.61. The predicted octanol–water partition coefficient (Wildman–Crippen LogP) is 3.07. The second kappa shape index (κ2) is 7.90. The number of nitrogens with one attached hydrogen (secondary N) is 1. The molecular weight excluding hydrogens is 305 g/mol. The first-order valence-corrected chi connectivity index (χ1v) is 8.42. The van der Waals surface area contributed by atoms with Crippen LogP contribution in [0.1, 0.15) is 30.4 Å². The lowest BCUT2D eigenvalue weighted by Gasteiger charge is -2.16. The normalized spacial score (nSPS) is 14.0. The Bertz CT molecular complexity index is 681. The Kier molecular flexibility index (Phi) is 5.41. The molecule has 0 bridgehead atoms. The summed E-state index contributed by atoms with van der Waals surface area (Å²) in [6, 6.07) is 10.4. The van der Waals surface area contributed by atoms with Crippen LogP contribution in [0, 0.1) is 5.82 Å². The number of rotatable bonds is 6. The molecule has 5 heteroatoms. The zero-order valence-corrected chi connectivity index (χ0v) is 13.7. The lowest BCUT2D eigenvalue weighted by atomic mass is 10.1. The fourth-order valence-corrected chi connectivity index (χ4v) is 2.89. The number of hydrogen-bond acceptors (Lipinski definition) is 3. The molecule has 0 saturated carbocycles. The van der Waals surface area contributed by atoms with Gasteiger partial charge in [0, 0.05) is 32.3 Å². The van der Waals surface area contributed by atoms with Crippen molar-refractivity contribution >= 4 is 11.7 Å². The molecule has 0 spiro atoms. The molecule has 0 aliphatic carbocycles. The first kappa shape index (κ1) is 16.4. The van der Waals surface area contributed by atoms with Crippen LogP contribution in [-0.2, 0) is 17.8 Å². The van der Waals surface area contributed by atoms with E-state index in [9.17, 15) is 9.18 Å². The van der Waals surface area contributed by atoms with E-state index in [0.29, 0.717) is 19.4 Å². The Labute approximate surface area is 141 Å². The number of amides is 1. The van der Waals surface area contributed by atoms with Crippen molar-refractivity contribution in [1.82, 2.24) is 10.3 Å². The third-order valence-electron chi connectivity index (χ3n) is 4.26. The number of anilines is 1. The van der Waals surface area contributed by atoms with Crippen LogP contribution in [0.15, 0.2) is 42.6 Å². The van der Waals surface area contributed by atoms with E-state index in [0.717, 1.165) is 30.0 Å². The highest BCUT2D eigenvalue weighted by atomic mass is 19.1. The molecule has 126 valence electrons. The summed E-state index contributed by atoms with van der Waals surface area (Å²) in [6.07, 6.45) is 5.16. The van der Waals surface area contributed by atoms with Gasteiger partial charge in [-0.05, 0) is 48.6 Å². The molecule has 1 aliphatic rings. The molecule has 1 N–H and O–H groups in total. The number of hydrogen-bond donors (Lipinski definition) is 1. The Morgan fingerprint density at radius 2 is 2.00 bits per heavy atom. The highest BCUT2D eigenvalue weighted by Crippen LogP contribution is 2.17.